The summed E-state index contributed by atoms with van der Waals surface area (Å²) in [5.41, 5.74) is 0. The zero-order chi connectivity index (χ0) is 6.69. The Morgan fingerprint density at radius 1 is 1.33 bits per heavy atom. The summed E-state index contributed by atoms with van der Waals surface area (Å²) >= 11 is 0. The van der Waals surface area contributed by atoms with Crippen molar-refractivity contribution < 1.29 is 10.2 Å². The van der Waals surface area contributed by atoms with E-state index in [1.807, 2.05) is 6.08 Å². The Morgan fingerprint density at radius 3 is 2.56 bits per heavy atom. The molecule has 0 fully saturated rings. The second-order valence-electron chi connectivity index (χ2n) is 2.47. The minimum absolute atomic E-state index is 0.212. The smallest absolute Gasteiger partial charge is 0.0721 e. The molecule has 0 aromatic carbocycles. The maximum Gasteiger partial charge on any atom is 0.0721 e. The van der Waals surface area contributed by atoms with E-state index in [9.17, 15) is 0 Å². The van der Waals surface area contributed by atoms with E-state index in [0.29, 0.717) is 0 Å². The summed E-state index contributed by atoms with van der Waals surface area (Å²) in [4.78, 5) is 0. The molecule has 0 aliphatic heterocycles. The number of rotatable bonds is 1. The van der Waals surface area contributed by atoms with Crippen molar-refractivity contribution in [2.45, 2.75) is 18.9 Å². The molecule has 2 nitrogen and oxygen atoms in total. The fourth-order valence-electron chi connectivity index (χ4n) is 1.01. The number of hydrogen-bond acceptors (Lipinski definition) is 2. The second-order valence-corrected chi connectivity index (χ2v) is 2.47. The molecule has 2 atom stereocenters. The van der Waals surface area contributed by atoms with E-state index in [2.05, 4.69) is 0 Å². The standard InChI is InChI=1S/C7H12O2/c8-5-6-1-3-7(9)4-2-6/h1,3,6-9H,2,4-5H2/t6-,7+/m1/s1. The highest BCUT2D eigenvalue weighted by Crippen LogP contribution is 2.16. The lowest BCUT2D eigenvalue weighted by molar-refractivity contribution is 0.174. The van der Waals surface area contributed by atoms with Crippen molar-refractivity contribution in [3.05, 3.63) is 12.2 Å². The number of aliphatic hydroxyl groups excluding tert-OH is 2. The highest BCUT2D eigenvalue weighted by atomic mass is 16.3. The van der Waals surface area contributed by atoms with E-state index in [-0.39, 0.29) is 18.6 Å². The molecule has 2 N–H and O–H groups in total. The summed E-state index contributed by atoms with van der Waals surface area (Å²) in [7, 11) is 0. The van der Waals surface area contributed by atoms with Crippen molar-refractivity contribution >= 4 is 0 Å². The molecule has 0 unspecified atom stereocenters. The summed E-state index contributed by atoms with van der Waals surface area (Å²) in [5, 5.41) is 17.6. The average molecular weight is 128 g/mol. The van der Waals surface area contributed by atoms with E-state index in [1.54, 1.807) is 6.08 Å². The molecule has 0 amide bonds. The van der Waals surface area contributed by atoms with Crippen LogP contribution in [0.3, 0.4) is 0 Å². The molecule has 1 rings (SSSR count). The van der Waals surface area contributed by atoms with Crippen LogP contribution in [-0.2, 0) is 0 Å². The van der Waals surface area contributed by atoms with Crippen LogP contribution in [0, 0.1) is 5.92 Å². The molecular formula is C7H12O2. The van der Waals surface area contributed by atoms with Crippen molar-refractivity contribution in [2.75, 3.05) is 6.61 Å². The first-order valence-corrected chi connectivity index (χ1v) is 3.30. The van der Waals surface area contributed by atoms with E-state index < -0.39 is 0 Å². The molecule has 1 aliphatic rings. The normalized spacial score (nSPS) is 34.9. The Balaban J connectivity index is 2.38. The molecule has 9 heavy (non-hydrogen) atoms. The van der Waals surface area contributed by atoms with Crippen LogP contribution in [0.15, 0.2) is 12.2 Å². The highest BCUT2D eigenvalue weighted by molar-refractivity contribution is 4.97. The van der Waals surface area contributed by atoms with Crippen LogP contribution < -0.4 is 0 Å². The topological polar surface area (TPSA) is 40.5 Å². The molecule has 2 heteroatoms. The zero-order valence-electron chi connectivity index (χ0n) is 5.33. The summed E-state index contributed by atoms with van der Waals surface area (Å²) in [6, 6.07) is 0. The van der Waals surface area contributed by atoms with Crippen LogP contribution in [0.25, 0.3) is 0 Å². The van der Waals surface area contributed by atoms with Crippen LogP contribution >= 0.6 is 0 Å². The van der Waals surface area contributed by atoms with Gasteiger partial charge in [-0.2, -0.15) is 0 Å². The van der Waals surface area contributed by atoms with E-state index in [4.69, 9.17) is 10.2 Å². The van der Waals surface area contributed by atoms with Gasteiger partial charge in [0.15, 0.2) is 0 Å². The van der Waals surface area contributed by atoms with Gasteiger partial charge >= 0.3 is 0 Å². The van der Waals surface area contributed by atoms with Crippen molar-refractivity contribution in [3.63, 3.8) is 0 Å². The average Bonchev–Trinajstić information content (AvgIpc) is 1.90. The quantitative estimate of drug-likeness (QED) is 0.499. The molecule has 0 bridgehead atoms. The number of hydrogen-bond donors (Lipinski definition) is 2. The monoisotopic (exact) mass is 128 g/mol. The van der Waals surface area contributed by atoms with Crippen molar-refractivity contribution in [1.82, 2.24) is 0 Å². The van der Waals surface area contributed by atoms with Crippen LogP contribution in [-0.4, -0.2) is 22.9 Å². The lowest BCUT2D eigenvalue weighted by atomic mass is 9.95. The Labute approximate surface area is 54.8 Å². The minimum atomic E-state index is -0.271. The lowest BCUT2D eigenvalue weighted by Crippen LogP contribution is -2.14. The van der Waals surface area contributed by atoms with Gasteiger partial charge in [-0.1, -0.05) is 12.2 Å². The summed E-state index contributed by atoms with van der Waals surface area (Å²) in [6.07, 6.45) is 5.07. The van der Waals surface area contributed by atoms with E-state index in [1.165, 1.54) is 0 Å². The predicted molar refractivity (Wildman–Crippen MR) is 35.0 cm³/mol. The lowest BCUT2D eigenvalue weighted by Gasteiger charge is -2.16. The molecule has 0 saturated heterocycles. The van der Waals surface area contributed by atoms with Gasteiger partial charge in [0.25, 0.3) is 0 Å². The maximum atomic E-state index is 8.95. The largest absolute Gasteiger partial charge is 0.396 e. The molecule has 0 aromatic rings. The van der Waals surface area contributed by atoms with Gasteiger partial charge in [-0.15, -0.1) is 0 Å². The Morgan fingerprint density at radius 2 is 2.11 bits per heavy atom. The Bertz CT molecular complexity index is 109. The molecule has 52 valence electrons. The first kappa shape index (κ1) is 6.78. The molecule has 0 spiro atoms. The summed E-state index contributed by atoms with van der Waals surface area (Å²) in [6.45, 7) is 0.212. The van der Waals surface area contributed by atoms with Gasteiger partial charge in [0.1, 0.15) is 0 Å². The third-order valence-corrected chi connectivity index (χ3v) is 1.67. The first-order valence-electron chi connectivity index (χ1n) is 3.30. The highest BCUT2D eigenvalue weighted by Gasteiger charge is 2.11. The van der Waals surface area contributed by atoms with Crippen molar-refractivity contribution in [2.24, 2.45) is 5.92 Å². The molecule has 0 aromatic heterocycles. The molecule has 0 radical (unpaired) electrons. The number of aliphatic hydroxyl groups is 2. The molecule has 0 heterocycles. The van der Waals surface area contributed by atoms with Crippen molar-refractivity contribution in [3.8, 4) is 0 Å². The maximum absolute atomic E-state index is 8.95. The third kappa shape index (κ3) is 1.80. The molecular weight excluding hydrogens is 116 g/mol. The zero-order valence-corrected chi connectivity index (χ0v) is 5.33. The van der Waals surface area contributed by atoms with Crippen LogP contribution in [0.5, 0.6) is 0 Å². The fraction of sp³-hybridized carbons (Fsp3) is 0.714. The van der Waals surface area contributed by atoms with E-state index in [0.717, 1.165) is 12.8 Å². The van der Waals surface area contributed by atoms with Crippen LogP contribution in [0.4, 0.5) is 0 Å². The molecule has 1 aliphatic carbocycles. The Hall–Kier alpha value is -0.340. The van der Waals surface area contributed by atoms with Crippen LogP contribution in [0.2, 0.25) is 0 Å². The molecule has 0 saturated carbocycles. The summed E-state index contributed by atoms with van der Waals surface area (Å²) in [5.74, 6) is 0.286. The van der Waals surface area contributed by atoms with Crippen molar-refractivity contribution in [1.29, 1.82) is 0 Å². The van der Waals surface area contributed by atoms with Gasteiger partial charge in [-0.05, 0) is 12.8 Å². The van der Waals surface area contributed by atoms with Crippen LogP contribution in [0.1, 0.15) is 12.8 Å². The Kier molecular flexibility index (Phi) is 2.25. The summed E-state index contributed by atoms with van der Waals surface area (Å²) < 4.78 is 0. The SMILES string of the molecule is OC[C@@H]1C=C[C@H](O)CC1. The van der Waals surface area contributed by atoms with Gasteiger partial charge in [0.2, 0.25) is 0 Å². The van der Waals surface area contributed by atoms with Gasteiger partial charge in [-0.25, -0.2) is 0 Å². The van der Waals surface area contributed by atoms with Gasteiger partial charge in [0.05, 0.1) is 6.10 Å². The minimum Gasteiger partial charge on any atom is -0.396 e. The third-order valence-electron chi connectivity index (χ3n) is 1.67. The van der Waals surface area contributed by atoms with Gasteiger partial charge in [-0.3, -0.25) is 0 Å². The predicted octanol–water partition coefficient (Wildman–Crippen LogP) is 0.306. The fourth-order valence-corrected chi connectivity index (χ4v) is 1.01. The van der Waals surface area contributed by atoms with Gasteiger partial charge in [0, 0.05) is 12.5 Å². The second kappa shape index (κ2) is 2.99. The first-order chi connectivity index (χ1) is 4.33. The van der Waals surface area contributed by atoms with Gasteiger partial charge < -0.3 is 10.2 Å². The van der Waals surface area contributed by atoms with E-state index >= 15 is 0 Å².